The van der Waals surface area contributed by atoms with Gasteiger partial charge in [0.15, 0.2) is 0 Å². The third-order valence-electron chi connectivity index (χ3n) is 8.77. The van der Waals surface area contributed by atoms with Gasteiger partial charge in [-0.3, -0.25) is 14.4 Å². The monoisotopic (exact) mass is 532 g/mol. The van der Waals surface area contributed by atoms with E-state index in [-0.39, 0.29) is 29.8 Å². The van der Waals surface area contributed by atoms with Crippen molar-refractivity contribution in [3.8, 4) is 0 Å². The van der Waals surface area contributed by atoms with Crippen LogP contribution in [-0.4, -0.2) is 45.7 Å². The van der Waals surface area contributed by atoms with Crippen LogP contribution >= 0.6 is 0 Å². The van der Waals surface area contributed by atoms with Crippen molar-refractivity contribution in [3.05, 3.63) is 107 Å². The van der Waals surface area contributed by atoms with E-state index in [2.05, 4.69) is 21.7 Å². The Balaban J connectivity index is 1.24. The number of hydrogen-bond donors (Lipinski definition) is 3. The van der Waals surface area contributed by atoms with Gasteiger partial charge < -0.3 is 20.5 Å². The maximum atomic E-state index is 14.2. The molecule has 3 N–H and O–H groups in total. The van der Waals surface area contributed by atoms with Gasteiger partial charge in [0.05, 0.1) is 6.04 Å². The summed E-state index contributed by atoms with van der Waals surface area (Å²) < 4.78 is 0. The molecule has 3 atom stereocenters. The number of carbonyl (C=O) groups is 3. The molecule has 1 aliphatic carbocycles. The number of rotatable bonds is 6. The molecule has 7 heteroatoms. The number of nitrogens with one attached hydrogen (secondary N) is 3. The van der Waals surface area contributed by atoms with Crippen molar-refractivity contribution < 1.29 is 14.4 Å². The lowest BCUT2D eigenvalue weighted by Crippen LogP contribution is -2.57. The molecular formula is C33H32N4O3. The van der Waals surface area contributed by atoms with Crippen molar-refractivity contribution >= 4 is 28.6 Å². The fourth-order valence-corrected chi connectivity index (χ4v) is 6.84. The van der Waals surface area contributed by atoms with Gasteiger partial charge in [-0.1, -0.05) is 79.6 Å². The molecule has 0 unspecified atom stereocenters. The molecule has 0 saturated heterocycles. The molecule has 3 aliphatic rings. The van der Waals surface area contributed by atoms with Gasteiger partial charge in [-0.05, 0) is 41.7 Å². The molecule has 1 fully saturated rings. The standard InChI is InChI=1S/C33H32N4O3/c38-31(34-21-12-4-5-13-21)27(18-20-10-2-1-3-11-20)36-32(39)28-19-25-22-14-8-9-17-26(22)35-29(25)30-23-15-6-7-16-24(23)33(40)37(28)30/h1-3,6-11,14-17,21,27-28,30,35H,4-5,12-13,18-19H2,(H,34,38)(H,36,39)/t27-,28+,30-/m0/s1. The van der Waals surface area contributed by atoms with Gasteiger partial charge >= 0.3 is 0 Å². The Morgan fingerprint density at radius 3 is 2.48 bits per heavy atom. The molecule has 2 aliphatic heterocycles. The minimum Gasteiger partial charge on any atom is -0.356 e. The largest absolute Gasteiger partial charge is 0.356 e. The molecule has 1 saturated carbocycles. The molecule has 7 rings (SSSR count). The van der Waals surface area contributed by atoms with Gasteiger partial charge in [0.2, 0.25) is 11.8 Å². The Labute approximate surface area is 233 Å². The summed E-state index contributed by atoms with van der Waals surface area (Å²) in [7, 11) is 0. The van der Waals surface area contributed by atoms with E-state index >= 15 is 0 Å². The van der Waals surface area contributed by atoms with Crippen LogP contribution in [0.25, 0.3) is 10.9 Å². The second-order valence-corrected chi connectivity index (χ2v) is 11.2. The fraction of sp³-hybridized carbons (Fsp3) is 0.303. The van der Waals surface area contributed by atoms with Crippen LogP contribution in [-0.2, 0) is 22.4 Å². The number of aromatic nitrogens is 1. The quantitative estimate of drug-likeness (QED) is 0.343. The van der Waals surface area contributed by atoms with Crippen LogP contribution in [0, 0.1) is 0 Å². The number of carbonyl (C=O) groups excluding carboxylic acids is 3. The van der Waals surface area contributed by atoms with Crippen molar-refractivity contribution in [2.24, 2.45) is 0 Å². The molecule has 0 spiro atoms. The minimum atomic E-state index is -0.742. The summed E-state index contributed by atoms with van der Waals surface area (Å²) in [5.74, 6) is -0.620. The molecule has 0 radical (unpaired) electrons. The molecular weight excluding hydrogens is 500 g/mol. The molecule has 3 heterocycles. The van der Waals surface area contributed by atoms with Crippen molar-refractivity contribution in [3.63, 3.8) is 0 Å². The van der Waals surface area contributed by atoms with Crippen molar-refractivity contribution in [1.29, 1.82) is 0 Å². The Bertz CT molecular complexity index is 1600. The normalized spacial score (nSPS) is 20.6. The Morgan fingerprint density at radius 2 is 1.65 bits per heavy atom. The zero-order chi connectivity index (χ0) is 27.2. The first-order chi connectivity index (χ1) is 19.6. The van der Waals surface area contributed by atoms with E-state index in [1.807, 2.05) is 72.8 Å². The molecule has 202 valence electrons. The van der Waals surface area contributed by atoms with Gasteiger partial charge in [0, 0.05) is 41.0 Å². The van der Waals surface area contributed by atoms with E-state index in [9.17, 15) is 14.4 Å². The third-order valence-corrected chi connectivity index (χ3v) is 8.77. The number of H-pyrrole nitrogens is 1. The first-order valence-corrected chi connectivity index (χ1v) is 14.2. The number of amides is 3. The van der Waals surface area contributed by atoms with E-state index < -0.39 is 12.1 Å². The lowest BCUT2D eigenvalue weighted by molar-refractivity contribution is -0.132. The van der Waals surface area contributed by atoms with Gasteiger partial charge in [-0.25, -0.2) is 0 Å². The molecule has 3 aromatic carbocycles. The highest BCUT2D eigenvalue weighted by Crippen LogP contribution is 2.46. The Kier molecular flexibility index (Phi) is 6.14. The van der Waals surface area contributed by atoms with E-state index in [0.717, 1.165) is 59.0 Å². The Hall–Kier alpha value is -4.39. The van der Waals surface area contributed by atoms with Crippen LogP contribution in [0.2, 0.25) is 0 Å². The van der Waals surface area contributed by atoms with Gasteiger partial charge in [0.1, 0.15) is 12.1 Å². The lowest BCUT2D eigenvalue weighted by Gasteiger charge is -2.37. The van der Waals surface area contributed by atoms with Crippen molar-refractivity contribution in [2.45, 2.75) is 62.7 Å². The maximum absolute atomic E-state index is 14.2. The summed E-state index contributed by atoms with van der Waals surface area (Å²) in [5, 5.41) is 7.32. The number of hydrogen-bond acceptors (Lipinski definition) is 3. The SMILES string of the molecule is O=C(NC1CCCC1)[C@H](Cc1ccccc1)NC(=O)[C@H]1Cc2c([nH]c3ccccc23)[C@@H]2c3ccccc3C(=O)N21. The number of para-hydroxylation sites is 1. The zero-order valence-electron chi connectivity index (χ0n) is 22.2. The van der Waals surface area contributed by atoms with Crippen LogP contribution in [0.4, 0.5) is 0 Å². The first kappa shape index (κ1) is 24.6. The van der Waals surface area contributed by atoms with Crippen LogP contribution < -0.4 is 10.6 Å². The van der Waals surface area contributed by atoms with E-state index in [1.165, 1.54) is 0 Å². The zero-order valence-corrected chi connectivity index (χ0v) is 22.2. The number of aromatic amines is 1. The predicted octanol–water partition coefficient (Wildman–Crippen LogP) is 4.42. The summed E-state index contributed by atoms with van der Waals surface area (Å²) >= 11 is 0. The molecule has 40 heavy (non-hydrogen) atoms. The van der Waals surface area contributed by atoms with E-state index in [1.54, 1.807) is 4.90 Å². The van der Waals surface area contributed by atoms with Crippen LogP contribution in [0.3, 0.4) is 0 Å². The second-order valence-electron chi connectivity index (χ2n) is 11.2. The summed E-state index contributed by atoms with van der Waals surface area (Å²) in [6, 6.07) is 23.7. The third kappa shape index (κ3) is 4.17. The topological polar surface area (TPSA) is 94.3 Å². The van der Waals surface area contributed by atoms with E-state index in [0.29, 0.717) is 18.4 Å². The molecule has 0 bridgehead atoms. The molecule has 7 nitrogen and oxygen atoms in total. The fourth-order valence-electron chi connectivity index (χ4n) is 6.84. The van der Waals surface area contributed by atoms with Gasteiger partial charge in [0.25, 0.3) is 5.91 Å². The van der Waals surface area contributed by atoms with Crippen molar-refractivity contribution in [2.75, 3.05) is 0 Å². The van der Waals surface area contributed by atoms with Crippen molar-refractivity contribution in [1.82, 2.24) is 20.5 Å². The second kappa shape index (κ2) is 9.97. The summed E-state index contributed by atoms with van der Waals surface area (Å²) in [6.45, 7) is 0. The molecule has 1 aromatic heterocycles. The highest BCUT2D eigenvalue weighted by Gasteiger charge is 2.49. The van der Waals surface area contributed by atoms with Crippen LogP contribution in [0.15, 0.2) is 78.9 Å². The number of fused-ring (bicyclic) bond motifs is 7. The highest BCUT2D eigenvalue weighted by atomic mass is 16.2. The summed E-state index contributed by atoms with van der Waals surface area (Å²) in [6.07, 6.45) is 4.90. The highest BCUT2D eigenvalue weighted by molar-refractivity contribution is 6.04. The first-order valence-electron chi connectivity index (χ1n) is 14.2. The van der Waals surface area contributed by atoms with Gasteiger partial charge in [-0.2, -0.15) is 0 Å². The number of nitrogens with zero attached hydrogens (tertiary/aromatic N) is 1. The average molecular weight is 533 g/mol. The van der Waals surface area contributed by atoms with E-state index in [4.69, 9.17) is 0 Å². The maximum Gasteiger partial charge on any atom is 0.255 e. The average Bonchev–Trinajstić information content (AvgIpc) is 3.70. The van der Waals surface area contributed by atoms with Gasteiger partial charge in [-0.15, -0.1) is 0 Å². The molecule has 4 aromatic rings. The minimum absolute atomic E-state index is 0.144. The van der Waals surface area contributed by atoms with Crippen LogP contribution in [0.1, 0.15) is 64.5 Å². The molecule has 3 amide bonds. The van der Waals surface area contributed by atoms with Crippen LogP contribution in [0.5, 0.6) is 0 Å². The Morgan fingerprint density at radius 1 is 0.925 bits per heavy atom. The summed E-state index contributed by atoms with van der Waals surface area (Å²) in [4.78, 5) is 46.7. The number of benzene rings is 3. The lowest BCUT2D eigenvalue weighted by atomic mass is 9.89. The smallest absolute Gasteiger partial charge is 0.255 e. The predicted molar refractivity (Wildman–Crippen MR) is 153 cm³/mol. The summed E-state index contributed by atoms with van der Waals surface area (Å²) in [5.41, 5.74) is 5.50.